The predicted octanol–water partition coefficient (Wildman–Crippen LogP) is 5.63. The van der Waals surface area contributed by atoms with Crippen molar-refractivity contribution in [3.63, 3.8) is 0 Å². The van der Waals surface area contributed by atoms with Crippen molar-refractivity contribution >= 4 is 46.2 Å². The molecule has 0 spiro atoms. The minimum absolute atomic E-state index is 0.0230. The van der Waals surface area contributed by atoms with Crippen LogP contribution in [0.1, 0.15) is 22.5 Å². The normalized spacial score (nSPS) is 11.1. The van der Waals surface area contributed by atoms with Gasteiger partial charge in [0.05, 0.1) is 10.7 Å². The SMILES string of the molecule is COc1cc(/C=C(/C#N)C(=O)Nn2c(C)ccc2C)cc(I)c1OCc1ccc(Cl)cc1. The summed E-state index contributed by atoms with van der Waals surface area (Å²) in [6.07, 6.45) is 1.52. The van der Waals surface area contributed by atoms with Gasteiger partial charge in [0.2, 0.25) is 0 Å². The third-order valence-corrected chi connectivity index (χ3v) is 5.76. The largest absolute Gasteiger partial charge is 0.493 e. The highest BCUT2D eigenvalue weighted by atomic mass is 127. The third-order valence-electron chi connectivity index (χ3n) is 4.71. The number of amides is 1. The van der Waals surface area contributed by atoms with E-state index in [-0.39, 0.29) is 5.57 Å². The molecule has 3 aromatic rings. The van der Waals surface area contributed by atoms with Crippen LogP contribution < -0.4 is 14.9 Å². The lowest BCUT2D eigenvalue weighted by molar-refractivity contribution is -0.113. The summed E-state index contributed by atoms with van der Waals surface area (Å²) in [6, 6.07) is 16.7. The molecule has 2 aromatic carbocycles. The van der Waals surface area contributed by atoms with Gasteiger partial charge in [-0.25, -0.2) is 0 Å². The summed E-state index contributed by atoms with van der Waals surface area (Å²) >= 11 is 8.07. The minimum atomic E-state index is -0.494. The molecular formula is C24H21ClIN3O3. The number of rotatable bonds is 7. The number of hydrogen-bond donors (Lipinski definition) is 1. The number of methoxy groups -OCH3 is 1. The van der Waals surface area contributed by atoms with Crippen LogP contribution in [-0.2, 0) is 11.4 Å². The standard InChI is InChI=1S/C24H21ClIN3O3/c1-15-4-5-16(2)29(15)28-24(30)19(13-27)10-18-11-21(26)23(22(12-18)31-3)32-14-17-6-8-20(25)9-7-17/h4-12H,14H2,1-3H3,(H,28,30)/b19-10-. The molecule has 1 aromatic heterocycles. The number of aromatic nitrogens is 1. The van der Waals surface area contributed by atoms with Crippen LogP contribution in [0.3, 0.4) is 0 Å². The first-order valence-electron chi connectivity index (χ1n) is 9.65. The third kappa shape index (κ3) is 5.64. The first kappa shape index (κ1) is 23.7. The van der Waals surface area contributed by atoms with Gasteiger partial charge in [0.1, 0.15) is 18.2 Å². The number of carbonyl (C=O) groups excluding carboxylic acids is 1. The van der Waals surface area contributed by atoms with Gasteiger partial charge in [0.15, 0.2) is 11.5 Å². The molecule has 0 aliphatic heterocycles. The zero-order valence-corrected chi connectivity index (χ0v) is 20.7. The molecule has 32 heavy (non-hydrogen) atoms. The second-order valence-corrected chi connectivity index (χ2v) is 8.61. The van der Waals surface area contributed by atoms with Crippen LogP contribution >= 0.6 is 34.2 Å². The summed E-state index contributed by atoms with van der Waals surface area (Å²) in [7, 11) is 1.55. The number of nitrogens with one attached hydrogen (secondary N) is 1. The van der Waals surface area contributed by atoms with Crippen LogP contribution in [0.5, 0.6) is 11.5 Å². The summed E-state index contributed by atoms with van der Waals surface area (Å²) in [4.78, 5) is 12.7. The molecule has 0 aliphatic carbocycles. The van der Waals surface area contributed by atoms with E-state index in [0.717, 1.165) is 20.5 Å². The maximum absolute atomic E-state index is 12.7. The molecule has 164 valence electrons. The second-order valence-electron chi connectivity index (χ2n) is 7.01. The summed E-state index contributed by atoms with van der Waals surface area (Å²) in [6.45, 7) is 4.10. The molecule has 3 rings (SSSR count). The van der Waals surface area contributed by atoms with E-state index in [1.807, 2.05) is 62.4 Å². The predicted molar refractivity (Wildman–Crippen MR) is 133 cm³/mol. The maximum atomic E-state index is 12.7. The van der Waals surface area contributed by atoms with Crippen molar-refractivity contribution in [2.24, 2.45) is 0 Å². The monoisotopic (exact) mass is 561 g/mol. The molecule has 1 heterocycles. The van der Waals surface area contributed by atoms with Gasteiger partial charge in [-0.2, -0.15) is 5.26 Å². The van der Waals surface area contributed by atoms with Gasteiger partial charge < -0.3 is 9.47 Å². The first-order chi connectivity index (χ1) is 15.3. The molecule has 0 aliphatic rings. The van der Waals surface area contributed by atoms with Crippen molar-refractivity contribution in [2.75, 3.05) is 12.5 Å². The number of hydrogen-bond acceptors (Lipinski definition) is 4. The van der Waals surface area contributed by atoms with Crippen molar-refractivity contribution in [3.05, 3.63) is 85.2 Å². The van der Waals surface area contributed by atoms with Crippen molar-refractivity contribution in [3.8, 4) is 17.6 Å². The van der Waals surface area contributed by atoms with Gasteiger partial charge in [-0.05, 0) is 90.0 Å². The molecule has 0 bridgehead atoms. The molecule has 6 nitrogen and oxygen atoms in total. The molecular weight excluding hydrogens is 541 g/mol. The average molecular weight is 562 g/mol. The highest BCUT2D eigenvalue weighted by Crippen LogP contribution is 2.35. The molecule has 0 fully saturated rings. The van der Waals surface area contributed by atoms with E-state index in [2.05, 4.69) is 28.0 Å². The zero-order chi connectivity index (χ0) is 23.3. The smallest absolute Gasteiger partial charge is 0.280 e. The lowest BCUT2D eigenvalue weighted by atomic mass is 10.1. The van der Waals surface area contributed by atoms with E-state index in [1.54, 1.807) is 17.9 Å². The molecule has 0 saturated heterocycles. The van der Waals surface area contributed by atoms with E-state index in [1.165, 1.54) is 6.08 Å². The average Bonchev–Trinajstić information content (AvgIpc) is 3.09. The van der Waals surface area contributed by atoms with Gasteiger partial charge in [-0.1, -0.05) is 23.7 Å². The lowest BCUT2D eigenvalue weighted by Crippen LogP contribution is -2.25. The van der Waals surface area contributed by atoms with Crippen molar-refractivity contribution in [1.82, 2.24) is 4.68 Å². The zero-order valence-electron chi connectivity index (χ0n) is 17.8. The number of nitrogens with zero attached hydrogens (tertiary/aromatic N) is 2. The number of halogens is 2. The van der Waals surface area contributed by atoms with E-state index in [9.17, 15) is 10.1 Å². The lowest BCUT2D eigenvalue weighted by Gasteiger charge is -2.14. The van der Waals surface area contributed by atoms with E-state index in [4.69, 9.17) is 21.1 Å². The molecule has 0 radical (unpaired) electrons. The number of aryl methyl sites for hydroxylation is 2. The van der Waals surface area contributed by atoms with Gasteiger partial charge in [0, 0.05) is 16.4 Å². The van der Waals surface area contributed by atoms with E-state index >= 15 is 0 Å². The van der Waals surface area contributed by atoms with Crippen LogP contribution in [0.15, 0.2) is 54.1 Å². The number of ether oxygens (including phenoxy) is 2. The van der Waals surface area contributed by atoms with Crippen LogP contribution in [0.25, 0.3) is 6.08 Å². The van der Waals surface area contributed by atoms with Crippen molar-refractivity contribution in [2.45, 2.75) is 20.5 Å². The fourth-order valence-corrected chi connectivity index (χ4v) is 3.93. The van der Waals surface area contributed by atoms with Gasteiger partial charge >= 0.3 is 0 Å². The Hall–Kier alpha value is -2.96. The van der Waals surface area contributed by atoms with E-state index in [0.29, 0.717) is 28.7 Å². The van der Waals surface area contributed by atoms with Crippen molar-refractivity contribution in [1.29, 1.82) is 5.26 Å². The van der Waals surface area contributed by atoms with Crippen LogP contribution in [0.2, 0.25) is 5.02 Å². The molecule has 0 unspecified atom stereocenters. The Bertz CT molecular complexity index is 1190. The van der Waals surface area contributed by atoms with Crippen LogP contribution in [0, 0.1) is 28.7 Å². The Kier molecular flexibility index (Phi) is 7.83. The number of benzene rings is 2. The second kappa shape index (κ2) is 10.6. The Morgan fingerprint density at radius 3 is 2.44 bits per heavy atom. The van der Waals surface area contributed by atoms with Gasteiger partial charge in [-0.15, -0.1) is 0 Å². The minimum Gasteiger partial charge on any atom is -0.493 e. The van der Waals surface area contributed by atoms with Gasteiger partial charge in [-0.3, -0.25) is 14.9 Å². The van der Waals surface area contributed by atoms with Crippen molar-refractivity contribution < 1.29 is 14.3 Å². The quantitative estimate of drug-likeness (QED) is 0.231. The first-order valence-corrected chi connectivity index (χ1v) is 11.1. The molecule has 1 amide bonds. The topological polar surface area (TPSA) is 76.3 Å². The summed E-state index contributed by atoms with van der Waals surface area (Å²) in [5, 5.41) is 10.2. The summed E-state index contributed by atoms with van der Waals surface area (Å²) in [5.41, 5.74) is 6.08. The summed E-state index contributed by atoms with van der Waals surface area (Å²) in [5.74, 6) is 0.598. The number of carbonyl (C=O) groups is 1. The Morgan fingerprint density at radius 2 is 1.84 bits per heavy atom. The van der Waals surface area contributed by atoms with Gasteiger partial charge in [0.25, 0.3) is 5.91 Å². The Morgan fingerprint density at radius 1 is 1.19 bits per heavy atom. The maximum Gasteiger partial charge on any atom is 0.280 e. The van der Waals surface area contributed by atoms with Crippen LogP contribution in [0.4, 0.5) is 0 Å². The molecule has 8 heteroatoms. The number of nitriles is 1. The molecule has 0 atom stereocenters. The van der Waals surface area contributed by atoms with Crippen LogP contribution in [-0.4, -0.2) is 17.7 Å². The highest BCUT2D eigenvalue weighted by molar-refractivity contribution is 14.1. The Labute approximate surface area is 205 Å². The molecule has 0 saturated carbocycles. The van der Waals surface area contributed by atoms with E-state index < -0.39 is 5.91 Å². The fraction of sp³-hybridized carbons (Fsp3) is 0.167. The molecule has 1 N–H and O–H groups in total. The fourth-order valence-electron chi connectivity index (χ4n) is 3.02. The summed E-state index contributed by atoms with van der Waals surface area (Å²) < 4.78 is 13.9. The highest BCUT2D eigenvalue weighted by Gasteiger charge is 2.15. The Balaban J connectivity index is 1.83.